The second kappa shape index (κ2) is 6.30. The molecule has 4 nitrogen and oxygen atoms in total. The van der Waals surface area contributed by atoms with Crippen LogP contribution >= 0.6 is 0 Å². The van der Waals surface area contributed by atoms with E-state index < -0.39 is 0 Å². The molecule has 0 unspecified atom stereocenters. The third-order valence-corrected chi connectivity index (χ3v) is 6.25. The molecule has 24 heavy (non-hydrogen) atoms. The summed E-state index contributed by atoms with van der Waals surface area (Å²) in [5.41, 5.74) is 0.379. The lowest BCUT2D eigenvalue weighted by molar-refractivity contribution is -0.125. The van der Waals surface area contributed by atoms with Crippen LogP contribution in [0.2, 0.25) is 0 Å². The molecule has 1 aromatic rings. The minimum absolute atomic E-state index is 0.0124. The van der Waals surface area contributed by atoms with Crippen molar-refractivity contribution in [3.05, 3.63) is 24.3 Å². The number of hydrogen-bond acceptors (Lipinski definition) is 3. The lowest BCUT2D eigenvalue weighted by Crippen LogP contribution is -2.51. The van der Waals surface area contributed by atoms with Crippen LogP contribution in [0.25, 0.3) is 0 Å². The fraction of sp³-hybridized carbons (Fsp3) is 0.650. The molecular weight excluding hydrogens is 302 g/mol. The molecule has 0 aliphatic heterocycles. The van der Waals surface area contributed by atoms with Crippen LogP contribution in [0.15, 0.2) is 24.3 Å². The SMILES string of the molecule is COc1ccc(OCC(=O)NCC23CC4CC(CC(C4)C2)C3)cc1. The summed E-state index contributed by atoms with van der Waals surface area (Å²) in [5.74, 6) is 4.23. The summed E-state index contributed by atoms with van der Waals surface area (Å²) >= 11 is 0. The molecule has 0 spiro atoms. The van der Waals surface area contributed by atoms with Gasteiger partial charge in [0.15, 0.2) is 6.61 Å². The zero-order chi connectivity index (χ0) is 16.6. The summed E-state index contributed by atoms with van der Waals surface area (Å²) in [7, 11) is 1.63. The summed E-state index contributed by atoms with van der Waals surface area (Å²) in [4.78, 5) is 12.2. The van der Waals surface area contributed by atoms with E-state index in [0.29, 0.717) is 11.2 Å². The Morgan fingerprint density at radius 3 is 2.12 bits per heavy atom. The summed E-state index contributed by atoms with van der Waals surface area (Å²) in [6, 6.07) is 7.32. The Bertz CT molecular complexity index is 560. The molecule has 0 heterocycles. The number of carbonyl (C=O) groups excluding carboxylic acids is 1. The van der Waals surface area contributed by atoms with Crippen LogP contribution in [0.5, 0.6) is 11.5 Å². The molecule has 0 aromatic heterocycles. The molecule has 4 aliphatic carbocycles. The van der Waals surface area contributed by atoms with Crippen molar-refractivity contribution in [2.24, 2.45) is 23.2 Å². The number of benzene rings is 1. The smallest absolute Gasteiger partial charge is 0.257 e. The number of carbonyl (C=O) groups is 1. The minimum atomic E-state index is -0.0124. The molecule has 0 atom stereocenters. The minimum Gasteiger partial charge on any atom is -0.497 e. The van der Waals surface area contributed by atoms with Crippen LogP contribution in [0.3, 0.4) is 0 Å². The molecule has 1 aromatic carbocycles. The zero-order valence-corrected chi connectivity index (χ0v) is 14.4. The quantitative estimate of drug-likeness (QED) is 0.870. The van der Waals surface area contributed by atoms with E-state index in [9.17, 15) is 4.79 Å². The van der Waals surface area contributed by atoms with Gasteiger partial charge in [-0.3, -0.25) is 4.79 Å². The van der Waals surface area contributed by atoms with Crippen LogP contribution in [-0.4, -0.2) is 26.2 Å². The molecular formula is C20H27NO3. The first-order valence-electron chi connectivity index (χ1n) is 9.18. The van der Waals surface area contributed by atoms with Crippen molar-refractivity contribution < 1.29 is 14.3 Å². The van der Waals surface area contributed by atoms with E-state index in [0.717, 1.165) is 30.0 Å². The molecule has 0 radical (unpaired) electrons. The highest BCUT2D eigenvalue weighted by Crippen LogP contribution is 2.59. The van der Waals surface area contributed by atoms with Gasteiger partial charge in [-0.15, -0.1) is 0 Å². The molecule has 4 saturated carbocycles. The predicted octanol–water partition coefficient (Wildman–Crippen LogP) is 3.41. The molecule has 4 aliphatic rings. The maximum absolute atomic E-state index is 12.2. The topological polar surface area (TPSA) is 47.6 Å². The van der Waals surface area contributed by atoms with E-state index in [1.54, 1.807) is 7.11 Å². The molecule has 4 bridgehead atoms. The molecule has 1 amide bonds. The predicted molar refractivity (Wildman–Crippen MR) is 92.1 cm³/mol. The second-order valence-corrected chi connectivity index (χ2v) is 8.16. The van der Waals surface area contributed by atoms with Crippen LogP contribution in [0.1, 0.15) is 38.5 Å². The molecule has 4 fully saturated rings. The van der Waals surface area contributed by atoms with E-state index in [2.05, 4.69) is 5.32 Å². The first-order valence-corrected chi connectivity index (χ1v) is 9.18. The second-order valence-electron chi connectivity index (χ2n) is 8.16. The van der Waals surface area contributed by atoms with Gasteiger partial charge >= 0.3 is 0 Å². The fourth-order valence-corrected chi connectivity index (χ4v) is 5.66. The normalized spacial score (nSPS) is 33.3. The van der Waals surface area contributed by atoms with Crippen molar-refractivity contribution >= 4 is 5.91 Å². The van der Waals surface area contributed by atoms with E-state index in [4.69, 9.17) is 9.47 Å². The summed E-state index contributed by atoms with van der Waals surface area (Å²) < 4.78 is 10.7. The fourth-order valence-electron chi connectivity index (χ4n) is 5.66. The van der Waals surface area contributed by atoms with Gasteiger partial charge in [-0.25, -0.2) is 0 Å². The third-order valence-electron chi connectivity index (χ3n) is 6.25. The van der Waals surface area contributed by atoms with Gasteiger partial charge in [0, 0.05) is 6.54 Å². The van der Waals surface area contributed by atoms with Gasteiger partial charge in [-0.2, -0.15) is 0 Å². The van der Waals surface area contributed by atoms with E-state index in [1.807, 2.05) is 24.3 Å². The summed E-state index contributed by atoms with van der Waals surface area (Å²) in [5, 5.41) is 3.14. The Balaban J connectivity index is 1.26. The highest BCUT2D eigenvalue weighted by atomic mass is 16.5. The molecule has 1 N–H and O–H groups in total. The van der Waals surface area contributed by atoms with Gasteiger partial charge in [0.25, 0.3) is 5.91 Å². The van der Waals surface area contributed by atoms with Gasteiger partial charge < -0.3 is 14.8 Å². The number of ether oxygens (including phenoxy) is 2. The highest BCUT2D eigenvalue weighted by molar-refractivity contribution is 5.77. The van der Waals surface area contributed by atoms with Gasteiger partial charge in [-0.1, -0.05) is 0 Å². The van der Waals surface area contributed by atoms with Crippen molar-refractivity contribution in [2.45, 2.75) is 38.5 Å². The highest BCUT2D eigenvalue weighted by Gasteiger charge is 2.50. The summed E-state index contributed by atoms with van der Waals surface area (Å²) in [6.45, 7) is 0.917. The Labute approximate surface area is 143 Å². The van der Waals surface area contributed by atoms with E-state index in [1.165, 1.54) is 38.5 Å². The molecule has 0 saturated heterocycles. The van der Waals surface area contributed by atoms with Gasteiger partial charge in [0.1, 0.15) is 11.5 Å². The maximum Gasteiger partial charge on any atom is 0.257 e. The molecule has 4 heteroatoms. The Kier molecular flexibility index (Phi) is 4.15. The van der Waals surface area contributed by atoms with Crippen molar-refractivity contribution in [3.8, 4) is 11.5 Å². The van der Waals surface area contributed by atoms with Crippen LogP contribution in [0.4, 0.5) is 0 Å². The molecule has 130 valence electrons. The van der Waals surface area contributed by atoms with Crippen molar-refractivity contribution in [2.75, 3.05) is 20.3 Å². The number of rotatable bonds is 6. The van der Waals surface area contributed by atoms with Gasteiger partial charge in [0.2, 0.25) is 0 Å². The first kappa shape index (κ1) is 15.8. The number of amides is 1. The monoisotopic (exact) mass is 329 g/mol. The maximum atomic E-state index is 12.2. The largest absolute Gasteiger partial charge is 0.497 e. The molecule has 5 rings (SSSR count). The van der Waals surface area contributed by atoms with E-state index in [-0.39, 0.29) is 12.5 Å². The van der Waals surface area contributed by atoms with Crippen LogP contribution < -0.4 is 14.8 Å². The van der Waals surface area contributed by atoms with Crippen LogP contribution in [0, 0.1) is 23.2 Å². The average molecular weight is 329 g/mol. The third kappa shape index (κ3) is 3.24. The Hall–Kier alpha value is -1.71. The number of nitrogens with one attached hydrogen (secondary N) is 1. The number of methoxy groups -OCH3 is 1. The first-order chi connectivity index (χ1) is 11.6. The van der Waals surface area contributed by atoms with Crippen LogP contribution in [-0.2, 0) is 4.79 Å². The van der Waals surface area contributed by atoms with Crippen molar-refractivity contribution in [3.63, 3.8) is 0 Å². The summed E-state index contributed by atoms with van der Waals surface area (Å²) in [6.07, 6.45) is 8.27. The lowest BCUT2D eigenvalue weighted by Gasteiger charge is -2.56. The van der Waals surface area contributed by atoms with Gasteiger partial charge in [0.05, 0.1) is 7.11 Å². The van der Waals surface area contributed by atoms with Crippen molar-refractivity contribution in [1.29, 1.82) is 0 Å². The zero-order valence-electron chi connectivity index (χ0n) is 14.4. The Morgan fingerprint density at radius 2 is 1.58 bits per heavy atom. The van der Waals surface area contributed by atoms with E-state index >= 15 is 0 Å². The van der Waals surface area contributed by atoms with Crippen molar-refractivity contribution in [1.82, 2.24) is 5.32 Å². The average Bonchev–Trinajstić information content (AvgIpc) is 2.57. The lowest BCUT2D eigenvalue weighted by atomic mass is 9.49. The standard InChI is InChI=1S/C20H27NO3/c1-23-17-2-4-18(5-3-17)24-12-19(22)21-13-20-9-14-6-15(10-20)8-16(7-14)11-20/h2-5,14-16H,6-13H2,1H3,(H,21,22). The number of hydrogen-bond donors (Lipinski definition) is 1. The van der Waals surface area contributed by atoms with Gasteiger partial charge in [-0.05, 0) is 86.0 Å². The Morgan fingerprint density at radius 1 is 1.04 bits per heavy atom.